The molecule has 2 aromatic carbocycles. The summed E-state index contributed by atoms with van der Waals surface area (Å²) in [5.74, 6) is 1.41. The van der Waals surface area contributed by atoms with Crippen LogP contribution in [0.4, 0.5) is 5.13 Å². The molecule has 6 heteroatoms. The maximum Gasteiger partial charge on any atom is 0.182 e. The van der Waals surface area contributed by atoms with Gasteiger partial charge in [-0.1, -0.05) is 30.3 Å². The van der Waals surface area contributed by atoms with Crippen LogP contribution in [0.15, 0.2) is 58.5 Å². The maximum atomic E-state index is 5.95. The second-order valence-corrected chi connectivity index (χ2v) is 6.82. The second kappa shape index (κ2) is 8.17. The molecule has 0 radical (unpaired) electrons. The number of benzene rings is 2. The average Bonchev–Trinajstić information content (AvgIpc) is 3.13. The summed E-state index contributed by atoms with van der Waals surface area (Å²) in [6.07, 6.45) is 1.78. The van der Waals surface area contributed by atoms with E-state index >= 15 is 0 Å². The van der Waals surface area contributed by atoms with Gasteiger partial charge in [-0.05, 0) is 39.2 Å². The number of nitrogens with one attached hydrogen (secondary N) is 1. The van der Waals surface area contributed by atoms with Crippen LogP contribution in [0.2, 0.25) is 0 Å². The van der Waals surface area contributed by atoms with Crippen LogP contribution in [0.1, 0.15) is 11.1 Å². The van der Waals surface area contributed by atoms with Gasteiger partial charge in [-0.2, -0.15) is 0 Å². The van der Waals surface area contributed by atoms with E-state index in [2.05, 4.69) is 26.2 Å². The van der Waals surface area contributed by atoms with Gasteiger partial charge in [-0.3, -0.25) is 0 Å². The van der Waals surface area contributed by atoms with Gasteiger partial charge in [0.15, 0.2) is 16.6 Å². The fraction of sp³-hybridized carbons (Fsp3) is 0.167. The molecule has 1 aromatic heterocycles. The number of hydrogen-bond donors (Lipinski definition) is 1. The Bertz CT molecular complexity index is 779. The van der Waals surface area contributed by atoms with Crippen LogP contribution in [0.5, 0.6) is 11.5 Å². The number of hydrogen-bond acceptors (Lipinski definition) is 5. The van der Waals surface area contributed by atoms with Gasteiger partial charge in [-0.25, -0.2) is 4.98 Å². The Kier molecular flexibility index (Phi) is 5.72. The van der Waals surface area contributed by atoms with Gasteiger partial charge in [0.2, 0.25) is 0 Å². The van der Waals surface area contributed by atoms with E-state index in [0.29, 0.717) is 24.7 Å². The Hall–Kier alpha value is -2.05. The van der Waals surface area contributed by atoms with Gasteiger partial charge in [0.25, 0.3) is 0 Å². The number of thiazole rings is 1. The molecule has 124 valence electrons. The lowest BCUT2D eigenvalue weighted by Crippen LogP contribution is -2.02. The predicted molar refractivity (Wildman–Crippen MR) is 101 cm³/mol. The molecule has 0 bridgehead atoms. The quantitative estimate of drug-likeness (QED) is 0.594. The monoisotopic (exact) mass is 404 g/mol. The van der Waals surface area contributed by atoms with Crippen molar-refractivity contribution in [1.29, 1.82) is 0 Å². The molecule has 0 aliphatic rings. The summed E-state index contributed by atoms with van der Waals surface area (Å²) in [4.78, 5) is 4.22. The zero-order chi connectivity index (χ0) is 16.8. The third-order valence-corrected chi connectivity index (χ3v) is 4.71. The van der Waals surface area contributed by atoms with Crippen molar-refractivity contribution in [2.75, 3.05) is 12.4 Å². The highest BCUT2D eigenvalue weighted by atomic mass is 79.9. The molecule has 0 aliphatic carbocycles. The van der Waals surface area contributed by atoms with Gasteiger partial charge in [0, 0.05) is 18.1 Å². The first kappa shape index (κ1) is 16.8. The third-order valence-electron chi connectivity index (χ3n) is 3.39. The third kappa shape index (κ3) is 4.27. The highest BCUT2D eigenvalue weighted by Gasteiger charge is 2.12. The first-order valence-electron chi connectivity index (χ1n) is 7.43. The van der Waals surface area contributed by atoms with Crippen LogP contribution in [0.3, 0.4) is 0 Å². The van der Waals surface area contributed by atoms with Gasteiger partial charge in [0.05, 0.1) is 11.6 Å². The number of halogens is 1. The lowest BCUT2D eigenvalue weighted by molar-refractivity contribution is 0.282. The highest BCUT2D eigenvalue weighted by molar-refractivity contribution is 9.10. The second-order valence-electron chi connectivity index (χ2n) is 5.07. The Balaban J connectivity index is 1.72. The molecule has 4 nitrogen and oxygen atoms in total. The molecule has 0 saturated heterocycles. The van der Waals surface area contributed by atoms with Crippen LogP contribution in [-0.4, -0.2) is 12.1 Å². The number of nitrogens with zero attached hydrogens (tertiary/aromatic N) is 1. The molecule has 0 fully saturated rings. The Labute approximate surface area is 153 Å². The molecule has 0 unspecified atom stereocenters. The lowest BCUT2D eigenvalue weighted by Gasteiger charge is -2.15. The Morgan fingerprint density at radius 3 is 2.71 bits per heavy atom. The zero-order valence-electron chi connectivity index (χ0n) is 13.2. The summed E-state index contributed by atoms with van der Waals surface area (Å²) in [6.45, 7) is 1.16. The summed E-state index contributed by atoms with van der Waals surface area (Å²) in [6, 6.07) is 14.1. The number of ether oxygens (including phenoxy) is 2. The number of aromatic nitrogens is 1. The first-order valence-corrected chi connectivity index (χ1v) is 9.10. The van der Waals surface area contributed by atoms with Gasteiger partial charge >= 0.3 is 0 Å². The fourth-order valence-electron chi connectivity index (χ4n) is 2.23. The van der Waals surface area contributed by atoms with Crippen molar-refractivity contribution < 1.29 is 9.47 Å². The molecule has 0 spiro atoms. The zero-order valence-corrected chi connectivity index (χ0v) is 15.6. The minimum atomic E-state index is 0.493. The normalized spacial score (nSPS) is 10.4. The van der Waals surface area contributed by atoms with Gasteiger partial charge in [0.1, 0.15) is 6.61 Å². The number of anilines is 1. The molecule has 0 atom stereocenters. The van der Waals surface area contributed by atoms with Crippen molar-refractivity contribution in [2.45, 2.75) is 13.2 Å². The average molecular weight is 405 g/mol. The predicted octanol–water partition coefficient (Wildman–Crippen LogP) is 5.11. The molecule has 1 N–H and O–H groups in total. The van der Waals surface area contributed by atoms with Crippen molar-refractivity contribution in [1.82, 2.24) is 4.98 Å². The Morgan fingerprint density at radius 1 is 1.17 bits per heavy atom. The smallest absolute Gasteiger partial charge is 0.182 e. The minimum Gasteiger partial charge on any atom is -0.493 e. The largest absolute Gasteiger partial charge is 0.493 e. The van der Waals surface area contributed by atoms with Crippen LogP contribution >= 0.6 is 27.3 Å². The molecule has 1 heterocycles. The topological polar surface area (TPSA) is 43.4 Å². The van der Waals surface area contributed by atoms with Crippen LogP contribution in [-0.2, 0) is 13.2 Å². The van der Waals surface area contributed by atoms with Crippen molar-refractivity contribution in [3.63, 3.8) is 0 Å². The van der Waals surface area contributed by atoms with E-state index in [4.69, 9.17) is 9.47 Å². The number of methoxy groups -OCH3 is 1. The summed E-state index contributed by atoms with van der Waals surface area (Å²) in [5.41, 5.74) is 2.20. The Morgan fingerprint density at radius 2 is 2.00 bits per heavy atom. The standard InChI is InChI=1S/C18H17BrN2O2S/c1-22-16-10-14(11-21-18-20-7-8-24-18)9-15(19)17(16)23-12-13-5-3-2-4-6-13/h2-10H,11-12H2,1H3,(H,20,21). The molecule has 0 saturated carbocycles. The van der Waals surface area contributed by atoms with Gasteiger partial charge in [-0.15, -0.1) is 11.3 Å². The fourth-order valence-corrected chi connectivity index (χ4v) is 3.37. The summed E-state index contributed by atoms with van der Waals surface area (Å²) in [5, 5.41) is 6.13. The van der Waals surface area contributed by atoms with Crippen LogP contribution in [0, 0.1) is 0 Å². The van der Waals surface area contributed by atoms with E-state index in [1.807, 2.05) is 47.8 Å². The molecule has 3 aromatic rings. The SMILES string of the molecule is COc1cc(CNc2nccs2)cc(Br)c1OCc1ccccc1. The molecular formula is C18H17BrN2O2S. The van der Waals surface area contributed by atoms with E-state index in [1.165, 1.54) is 0 Å². The highest BCUT2D eigenvalue weighted by Crippen LogP contribution is 2.37. The molecular weight excluding hydrogens is 388 g/mol. The van der Waals surface area contributed by atoms with E-state index in [1.54, 1.807) is 24.6 Å². The summed E-state index contributed by atoms with van der Waals surface area (Å²) in [7, 11) is 1.65. The van der Waals surface area contributed by atoms with Crippen molar-refractivity contribution in [3.8, 4) is 11.5 Å². The first-order chi connectivity index (χ1) is 11.8. The van der Waals surface area contributed by atoms with Crippen LogP contribution in [0.25, 0.3) is 0 Å². The van der Waals surface area contributed by atoms with E-state index < -0.39 is 0 Å². The van der Waals surface area contributed by atoms with Crippen molar-refractivity contribution in [2.24, 2.45) is 0 Å². The van der Waals surface area contributed by atoms with Gasteiger partial charge < -0.3 is 14.8 Å². The molecule has 3 rings (SSSR count). The lowest BCUT2D eigenvalue weighted by atomic mass is 10.2. The minimum absolute atomic E-state index is 0.493. The number of rotatable bonds is 7. The summed E-state index contributed by atoms with van der Waals surface area (Å²) < 4.78 is 12.3. The maximum absolute atomic E-state index is 5.95. The summed E-state index contributed by atoms with van der Waals surface area (Å²) >= 11 is 5.16. The van der Waals surface area contributed by atoms with Crippen molar-refractivity contribution >= 4 is 32.4 Å². The van der Waals surface area contributed by atoms with E-state index in [-0.39, 0.29) is 0 Å². The van der Waals surface area contributed by atoms with Crippen LogP contribution < -0.4 is 14.8 Å². The molecule has 0 aliphatic heterocycles. The van der Waals surface area contributed by atoms with Crippen molar-refractivity contribution in [3.05, 3.63) is 69.6 Å². The molecule has 24 heavy (non-hydrogen) atoms. The van der Waals surface area contributed by atoms with E-state index in [9.17, 15) is 0 Å². The molecule has 0 amide bonds. The van der Waals surface area contributed by atoms with E-state index in [0.717, 1.165) is 20.7 Å².